The summed E-state index contributed by atoms with van der Waals surface area (Å²) in [5.41, 5.74) is 0.410. The van der Waals surface area contributed by atoms with Crippen molar-refractivity contribution in [1.29, 1.82) is 0 Å². The molecule has 3 unspecified atom stereocenters. The fourth-order valence-corrected chi connectivity index (χ4v) is 3.42. The van der Waals surface area contributed by atoms with Crippen molar-refractivity contribution in [1.82, 2.24) is 10.6 Å². The minimum absolute atomic E-state index is 0.0318. The average Bonchev–Trinajstić information content (AvgIpc) is 2.51. The first kappa shape index (κ1) is 16.2. The summed E-state index contributed by atoms with van der Waals surface area (Å²) < 4.78 is 13.1. The third kappa shape index (κ3) is 3.82. The highest BCUT2D eigenvalue weighted by molar-refractivity contribution is 6.31. The van der Waals surface area contributed by atoms with Crippen molar-refractivity contribution in [3.05, 3.63) is 29.0 Å². The maximum Gasteiger partial charge on any atom is 0.237 e. The van der Waals surface area contributed by atoms with Crippen LogP contribution in [0.15, 0.2) is 18.2 Å². The smallest absolute Gasteiger partial charge is 0.237 e. The zero-order chi connectivity index (χ0) is 16.4. The predicted octanol–water partition coefficient (Wildman–Crippen LogP) is 2.21. The van der Waals surface area contributed by atoms with Crippen molar-refractivity contribution in [2.75, 3.05) is 5.32 Å². The van der Waals surface area contributed by atoms with Crippen LogP contribution in [0, 0.1) is 5.82 Å². The molecule has 1 saturated heterocycles. The number of halogens is 2. The molecule has 0 bridgehead atoms. The van der Waals surface area contributed by atoms with Gasteiger partial charge in [-0.1, -0.05) is 24.4 Å². The molecule has 124 valence electrons. The standard InChI is InChI=1S/C16H19ClFN3O2/c17-10-7-9(5-6-11(10)18)19-15(22)8-14-16(23)21-13-4-2-1-3-12(13)20-14/h5-7,12-14,20H,1-4,8H2,(H,19,22)(H,21,23). The molecule has 23 heavy (non-hydrogen) atoms. The van der Waals surface area contributed by atoms with E-state index in [4.69, 9.17) is 11.6 Å². The molecule has 3 N–H and O–H groups in total. The summed E-state index contributed by atoms with van der Waals surface area (Å²) in [6, 6.07) is 3.84. The first-order chi connectivity index (χ1) is 11.0. The van der Waals surface area contributed by atoms with E-state index in [1.54, 1.807) is 0 Å². The molecular weight excluding hydrogens is 321 g/mol. The van der Waals surface area contributed by atoms with Gasteiger partial charge in [-0.3, -0.25) is 9.59 Å². The van der Waals surface area contributed by atoms with Crippen LogP contribution >= 0.6 is 11.6 Å². The average molecular weight is 340 g/mol. The lowest BCUT2D eigenvalue weighted by Gasteiger charge is -2.40. The Morgan fingerprint density at radius 2 is 2.04 bits per heavy atom. The van der Waals surface area contributed by atoms with Gasteiger partial charge in [0.25, 0.3) is 0 Å². The van der Waals surface area contributed by atoms with Crippen LogP contribution < -0.4 is 16.0 Å². The number of rotatable bonds is 3. The Hall–Kier alpha value is -1.66. The van der Waals surface area contributed by atoms with Crippen molar-refractivity contribution in [2.45, 2.75) is 50.2 Å². The molecule has 0 spiro atoms. The Bertz CT molecular complexity index is 625. The van der Waals surface area contributed by atoms with E-state index in [1.165, 1.54) is 18.2 Å². The molecule has 1 heterocycles. The van der Waals surface area contributed by atoms with Crippen LogP contribution in [0.5, 0.6) is 0 Å². The van der Waals surface area contributed by atoms with Gasteiger partial charge in [0, 0.05) is 17.8 Å². The maximum atomic E-state index is 13.1. The fourth-order valence-electron chi connectivity index (χ4n) is 3.24. The minimum atomic E-state index is -0.540. The second-order valence-corrected chi connectivity index (χ2v) is 6.51. The Balaban J connectivity index is 1.58. The highest BCUT2D eigenvalue weighted by Crippen LogP contribution is 2.23. The first-order valence-corrected chi connectivity index (χ1v) is 8.22. The molecule has 2 fully saturated rings. The second-order valence-electron chi connectivity index (χ2n) is 6.11. The quantitative estimate of drug-likeness (QED) is 0.790. The van der Waals surface area contributed by atoms with Crippen LogP contribution in [0.25, 0.3) is 0 Å². The van der Waals surface area contributed by atoms with Crippen LogP contribution in [-0.4, -0.2) is 29.9 Å². The molecule has 5 nitrogen and oxygen atoms in total. The SMILES string of the molecule is O=C(CC1NC2CCCCC2NC1=O)Nc1ccc(F)c(Cl)c1. The molecule has 2 amide bonds. The third-order valence-corrected chi connectivity index (χ3v) is 4.71. The Labute approximate surface area is 139 Å². The Morgan fingerprint density at radius 1 is 1.30 bits per heavy atom. The van der Waals surface area contributed by atoms with Gasteiger partial charge in [0.15, 0.2) is 0 Å². The van der Waals surface area contributed by atoms with Gasteiger partial charge in [0.2, 0.25) is 11.8 Å². The number of carbonyl (C=O) groups excluding carboxylic acids is 2. The number of nitrogens with one attached hydrogen (secondary N) is 3. The van der Waals surface area contributed by atoms with Gasteiger partial charge < -0.3 is 16.0 Å². The van der Waals surface area contributed by atoms with Crippen LogP contribution in [0.1, 0.15) is 32.1 Å². The number of piperazine rings is 1. The largest absolute Gasteiger partial charge is 0.350 e. The van der Waals surface area contributed by atoms with Gasteiger partial charge in [-0.15, -0.1) is 0 Å². The molecule has 7 heteroatoms. The lowest BCUT2D eigenvalue weighted by Crippen LogP contribution is -2.65. The Morgan fingerprint density at radius 3 is 2.78 bits per heavy atom. The summed E-state index contributed by atoms with van der Waals surface area (Å²) in [5.74, 6) is -0.989. The van der Waals surface area contributed by atoms with Crippen molar-refractivity contribution >= 4 is 29.1 Å². The van der Waals surface area contributed by atoms with Crippen molar-refractivity contribution in [2.24, 2.45) is 0 Å². The molecule has 1 aromatic carbocycles. The molecule has 2 aliphatic rings. The second kappa shape index (κ2) is 6.84. The summed E-state index contributed by atoms with van der Waals surface area (Å²) in [6.07, 6.45) is 4.29. The molecule has 0 aromatic heterocycles. The van der Waals surface area contributed by atoms with E-state index in [9.17, 15) is 14.0 Å². The van der Waals surface area contributed by atoms with Gasteiger partial charge in [0.1, 0.15) is 5.82 Å². The predicted molar refractivity (Wildman–Crippen MR) is 85.8 cm³/mol. The molecular formula is C16H19ClFN3O2. The van der Waals surface area contributed by atoms with Gasteiger partial charge >= 0.3 is 0 Å². The lowest BCUT2D eigenvalue weighted by atomic mass is 9.87. The molecule has 1 saturated carbocycles. The summed E-state index contributed by atoms with van der Waals surface area (Å²) >= 11 is 5.69. The monoisotopic (exact) mass is 339 g/mol. The molecule has 1 aliphatic heterocycles. The first-order valence-electron chi connectivity index (χ1n) is 7.84. The highest BCUT2D eigenvalue weighted by atomic mass is 35.5. The molecule has 3 rings (SSSR count). The summed E-state index contributed by atoms with van der Waals surface area (Å²) in [6.45, 7) is 0. The van der Waals surface area contributed by atoms with Crippen molar-refractivity contribution in [3.63, 3.8) is 0 Å². The van der Waals surface area contributed by atoms with Gasteiger partial charge in [-0.05, 0) is 31.0 Å². The van der Waals surface area contributed by atoms with E-state index >= 15 is 0 Å². The number of hydrogen-bond donors (Lipinski definition) is 3. The number of hydrogen-bond acceptors (Lipinski definition) is 3. The van der Waals surface area contributed by atoms with Crippen LogP contribution in [0.3, 0.4) is 0 Å². The molecule has 1 aliphatic carbocycles. The van der Waals surface area contributed by atoms with Crippen LogP contribution in [0.2, 0.25) is 5.02 Å². The fraction of sp³-hybridized carbons (Fsp3) is 0.500. The Kier molecular flexibility index (Phi) is 4.82. The third-order valence-electron chi connectivity index (χ3n) is 4.42. The van der Waals surface area contributed by atoms with E-state index in [-0.39, 0.29) is 35.3 Å². The molecule has 3 atom stereocenters. The zero-order valence-electron chi connectivity index (χ0n) is 12.6. The number of benzene rings is 1. The van der Waals surface area contributed by atoms with E-state index in [0.717, 1.165) is 25.7 Å². The normalized spacial score (nSPS) is 27.0. The summed E-state index contributed by atoms with van der Waals surface area (Å²) in [4.78, 5) is 24.2. The van der Waals surface area contributed by atoms with Gasteiger partial charge in [-0.25, -0.2) is 4.39 Å². The van der Waals surface area contributed by atoms with Gasteiger partial charge in [-0.2, -0.15) is 0 Å². The lowest BCUT2D eigenvalue weighted by molar-refractivity contribution is -0.129. The molecule has 1 aromatic rings. The number of carbonyl (C=O) groups is 2. The maximum absolute atomic E-state index is 13.1. The summed E-state index contributed by atoms with van der Waals surface area (Å²) in [5, 5.41) is 8.87. The minimum Gasteiger partial charge on any atom is -0.350 e. The molecule has 0 radical (unpaired) electrons. The van der Waals surface area contributed by atoms with E-state index < -0.39 is 11.9 Å². The van der Waals surface area contributed by atoms with E-state index in [2.05, 4.69) is 16.0 Å². The van der Waals surface area contributed by atoms with Crippen LogP contribution in [-0.2, 0) is 9.59 Å². The van der Waals surface area contributed by atoms with E-state index in [1.807, 2.05) is 0 Å². The highest BCUT2D eigenvalue weighted by Gasteiger charge is 2.36. The number of amides is 2. The van der Waals surface area contributed by atoms with Crippen LogP contribution in [0.4, 0.5) is 10.1 Å². The number of anilines is 1. The van der Waals surface area contributed by atoms with E-state index in [0.29, 0.717) is 5.69 Å². The topological polar surface area (TPSA) is 70.2 Å². The summed E-state index contributed by atoms with van der Waals surface area (Å²) in [7, 11) is 0. The van der Waals surface area contributed by atoms with Gasteiger partial charge in [0.05, 0.1) is 17.5 Å². The van der Waals surface area contributed by atoms with Crippen molar-refractivity contribution in [3.8, 4) is 0 Å². The zero-order valence-corrected chi connectivity index (χ0v) is 13.3. The number of fused-ring (bicyclic) bond motifs is 1. The van der Waals surface area contributed by atoms with Crippen molar-refractivity contribution < 1.29 is 14.0 Å².